The van der Waals surface area contributed by atoms with Crippen molar-refractivity contribution in [2.45, 2.75) is 57.3 Å². The normalized spacial score (nSPS) is 17.7. The minimum absolute atomic E-state index is 0.0461. The quantitative estimate of drug-likeness (QED) is 0.149. The second kappa shape index (κ2) is 13.2. The highest BCUT2D eigenvalue weighted by Crippen LogP contribution is 2.49. The van der Waals surface area contributed by atoms with Crippen molar-refractivity contribution in [3.63, 3.8) is 0 Å². The molecule has 5 heterocycles. The van der Waals surface area contributed by atoms with Crippen molar-refractivity contribution in [2.24, 2.45) is 0 Å². The molecule has 2 aromatic carbocycles. The molecule has 9 nitrogen and oxygen atoms in total. The van der Waals surface area contributed by atoms with Gasteiger partial charge in [-0.1, -0.05) is 12.6 Å². The van der Waals surface area contributed by atoms with E-state index in [1.165, 1.54) is 6.08 Å². The minimum atomic E-state index is -5.07. The maximum absolute atomic E-state index is 17.2. The Morgan fingerprint density at radius 2 is 1.84 bits per heavy atom. The predicted octanol–water partition coefficient (Wildman–Crippen LogP) is 7.34. The van der Waals surface area contributed by atoms with Crippen LogP contribution in [-0.4, -0.2) is 83.1 Å². The highest BCUT2D eigenvalue weighted by atomic mass is 32.1. The van der Waals surface area contributed by atoms with E-state index in [1.54, 1.807) is 23.6 Å². The van der Waals surface area contributed by atoms with Crippen LogP contribution in [0.25, 0.3) is 32.1 Å². The molecular weight excluding hydrogens is 690 g/mol. The van der Waals surface area contributed by atoms with Gasteiger partial charge in [-0.3, -0.25) is 9.69 Å². The van der Waals surface area contributed by atoms with Gasteiger partial charge in [0.25, 0.3) is 0 Å². The second-order valence-corrected chi connectivity index (χ2v) is 14.6. The number of nitrogens with zero attached hydrogens (tertiary/aromatic N) is 6. The van der Waals surface area contributed by atoms with E-state index in [0.29, 0.717) is 0 Å². The molecule has 1 amide bonds. The number of hydrogen-bond donors (Lipinski definition) is 1. The third-order valence-corrected chi connectivity index (χ3v) is 11.3. The third kappa shape index (κ3) is 6.12. The number of alkyl halides is 3. The smallest absolute Gasteiger partial charge is 0.417 e. The summed E-state index contributed by atoms with van der Waals surface area (Å²) in [5.74, 6) is -2.27. The Labute approximate surface area is 295 Å². The number of nitriles is 1. The van der Waals surface area contributed by atoms with E-state index in [9.17, 15) is 10.1 Å². The summed E-state index contributed by atoms with van der Waals surface area (Å²) in [5, 5.41) is 13.2. The Bertz CT molecular complexity index is 2070. The fraction of sp³-hybridized carbons (Fsp3) is 0.444. The largest absolute Gasteiger partial charge is 0.461 e. The van der Waals surface area contributed by atoms with Gasteiger partial charge in [0.05, 0.1) is 21.4 Å². The number of ether oxygens (including phenoxy) is 1. The zero-order chi connectivity index (χ0) is 36.2. The number of carbonyl (C=O) groups excluding carboxylic acids is 1. The molecule has 3 saturated heterocycles. The lowest BCUT2D eigenvalue weighted by molar-refractivity contribution is -0.137. The summed E-state index contributed by atoms with van der Waals surface area (Å²) >= 11 is 0.885. The maximum Gasteiger partial charge on any atom is 0.417 e. The van der Waals surface area contributed by atoms with Crippen LogP contribution >= 0.6 is 11.3 Å². The van der Waals surface area contributed by atoms with Crippen molar-refractivity contribution in [1.29, 1.82) is 5.26 Å². The first-order chi connectivity index (χ1) is 24.3. The van der Waals surface area contributed by atoms with Gasteiger partial charge >= 0.3 is 12.2 Å². The highest BCUT2D eigenvalue weighted by molar-refractivity contribution is 7.23. The summed E-state index contributed by atoms with van der Waals surface area (Å²) in [6, 6.07) is 4.53. The van der Waals surface area contributed by atoms with Gasteiger partial charge in [-0.2, -0.15) is 28.4 Å². The molecule has 3 aliphatic rings. The van der Waals surface area contributed by atoms with Crippen LogP contribution in [0.15, 0.2) is 30.9 Å². The van der Waals surface area contributed by atoms with Crippen LogP contribution < -0.4 is 15.0 Å². The van der Waals surface area contributed by atoms with Crippen LogP contribution in [-0.2, 0) is 11.0 Å². The molecule has 0 radical (unpaired) electrons. The van der Waals surface area contributed by atoms with E-state index in [4.69, 9.17) is 4.74 Å². The van der Waals surface area contributed by atoms with Crippen LogP contribution in [0.3, 0.4) is 0 Å². The molecule has 1 N–H and O–H groups in total. The topological polar surface area (TPSA) is 97.6 Å². The average molecular weight is 726 g/mol. The number of nitrogens with one attached hydrogen (secondary N) is 1. The van der Waals surface area contributed by atoms with E-state index in [0.717, 1.165) is 68.3 Å². The first-order valence-corrected chi connectivity index (χ1v) is 17.7. The molecule has 51 heavy (non-hydrogen) atoms. The molecule has 4 aromatic rings. The predicted molar refractivity (Wildman–Crippen MR) is 186 cm³/mol. The third-order valence-electron chi connectivity index (χ3n) is 10.1. The molecule has 3 fully saturated rings. The number of anilines is 2. The number of halogens is 5. The minimum Gasteiger partial charge on any atom is -0.461 e. The molecule has 2 aromatic heterocycles. The van der Waals surface area contributed by atoms with Crippen LogP contribution in [0.5, 0.6) is 6.01 Å². The summed E-state index contributed by atoms with van der Waals surface area (Å²) in [6.07, 6.45) is -0.0310. The number of aromatic nitrogens is 2. The Kier molecular flexibility index (Phi) is 9.03. The zero-order valence-corrected chi connectivity index (χ0v) is 29.0. The molecular formula is C36H36F5N7O2S. The van der Waals surface area contributed by atoms with Crippen molar-refractivity contribution in [3.05, 3.63) is 53.6 Å². The second-order valence-electron chi connectivity index (χ2n) is 13.6. The monoisotopic (exact) mass is 725 g/mol. The molecule has 7 rings (SSSR count). The molecule has 0 saturated carbocycles. The highest BCUT2D eigenvalue weighted by Gasteiger charge is 2.45. The molecule has 15 heteroatoms. The number of hydrogen-bond acceptors (Lipinski definition) is 9. The molecule has 0 atom stereocenters. The Balaban J connectivity index is 1.44. The first kappa shape index (κ1) is 34.9. The van der Waals surface area contributed by atoms with Gasteiger partial charge in [0, 0.05) is 48.6 Å². The Morgan fingerprint density at radius 3 is 2.47 bits per heavy atom. The van der Waals surface area contributed by atoms with Gasteiger partial charge < -0.3 is 19.9 Å². The number of thiophene rings is 1. The Morgan fingerprint density at radius 1 is 1.14 bits per heavy atom. The van der Waals surface area contributed by atoms with Crippen molar-refractivity contribution >= 4 is 49.1 Å². The molecule has 0 spiro atoms. The van der Waals surface area contributed by atoms with E-state index in [2.05, 4.69) is 26.8 Å². The number of amides is 1. The lowest BCUT2D eigenvalue weighted by Crippen LogP contribution is -2.48. The van der Waals surface area contributed by atoms with Crippen LogP contribution in [0.2, 0.25) is 0 Å². The first-order valence-electron chi connectivity index (χ1n) is 16.9. The van der Waals surface area contributed by atoms with Crippen LogP contribution in [0.1, 0.15) is 50.7 Å². The number of fused-ring (bicyclic) bond motifs is 3. The van der Waals surface area contributed by atoms with E-state index < -0.39 is 34.5 Å². The molecule has 0 aliphatic carbocycles. The fourth-order valence-corrected chi connectivity index (χ4v) is 8.99. The van der Waals surface area contributed by atoms with Gasteiger partial charge in [0.2, 0.25) is 5.91 Å². The van der Waals surface area contributed by atoms with Crippen LogP contribution in [0, 0.1) is 23.0 Å². The van der Waals surface area contributed by atoms with E-state index in [1.807, 2.05) is 6.07 Å². The van der Waals surface area contributed by atoms with Crippen molar-refractivity contribution in [1.82, 2.24) is 19.8 Å². The summed E-state index contributed by atoms with van der Waals surface area (Å²) in [5.41, 5.74) is -3.15. The van der Waals surface area contributed by atoms with Gasteiger partial charge in [0.1, 0.15) is 34.8 Å². The molecule has 0 bridgehead atoms. The van der Waals surface area contributed by atoms with E-state index in [-0.39, 0.29) is 93.7 Å². The number of piperazine rings is 1. The lowest BCUT2D eigenvalue weighted by atomic mass is 9.92. The molecule has 268 valence electrons. The summed E-state index contributed by atoms with van der Waals surface area (Å²) < 4.78 is 83.8. The SMILES string of the molecule is C=CC(=O)N1CCN(c2nc(OCC34CCCN3CCC4)nc3c(F)c(-c4ccc(F)c5sc(NC(C)C)c(C#N)c45)c(C(F)(F)F)cc23)CC1. The standard InChI is InChI=1S/C36H36F5N7O2S/c1-4-26(49)46-13-15-47(16-14-46)32-22-17-24(36(39,40)41)28(21-7-8-25(37)31-27(21)23(18-42)33(51-31)43-20(2)3)29(38)30(22)44-34(45-32)50-19-35-9-5-11-48(35)12-6-10-35/h4,7-8,17,20,43H,1,5-6,9-16,19H2,2-3H3. The van der Waals surface area contributed by atoms with Crippen molar-refractivity contribution in [2.75, 3.05) is 56.1 Å². The fourth-order valence-electron chi connectivity index (χ4n) is 7.76. The molecule has 3 aliphatic heterocycles. The number of carbonyl (C=O) groups is 1. The summed E-state index contributed by atoms with van der Waals surface area (Å²) in [4.78, 5) is 26.9. The van der Waals surface area contributed by atoms with E-state index >= 15 is 22.0 Å². The Hall–Kier alpha value is -4.55. The maximum atomic E-state index is 17.2. The number of rotatable bonds is 8. The summed E-state index contributed by atoms with van der Waals surface area (Å²) in [6.45, 7) is 10.1. The lowest BCUT2D eigenvalue weighted by Gasteiger charge is -2.35. The number of benzene rings is 2. The van der Waals surface area contributed by atoms with Gasteiger partial charge in [-0.05, 0) is 76.4 Å². The summed E-state index contributed by atoms with van der Waals surface area (Å²) in [7, 11) is 0. The zero-order valence-electron chi connectivity index (χ0n) is 28.2. The van der Waals surface area contributed by atoms with Crippen LogP contribution in [0.4, 0.5) is 32.8 Å². The average Bonchev–Trinajstić information content (AvgIpc) is 3.80. The van der Waals surface area contributed by atoms with Gasteiger partial charge in [-0.15, -0.1) is 11.3 Å². The van der Waals surface area contributed by atoms with Gasteiger partial charge in [0.15, 0.2) is 5.82 Å². The van der Waals surface area contributed by atoms with Crippen molar-refractivity contribution < 1.29 is 31.5 Å². The molecule has 0 unspecified atom stereocenters. The van der Waals surface area contributed by atoms with Gasteiger partial charge in [-0.25, -0.2) is 8.78 Å². The van der Waals surface area contributed by atoms with Crippen molar-refractivity contribution in [3.8, 4) is 23.2 Å².